The number of oxime groups is 1. The van der Waals surface area contributed by atoms with Crippen LogP contribution in [0.3, 0.4) is 0 Å². The highest BCUT2D eigenvalue weighted by Gasteiger charge is 2.18. The van der Waals surface area contributed by atoms with Crippen molar-refractivity contribution in [2.24, 2.45) is 10.9 Å². The normalized spacial score (nSPS) is 14.3. The van der Waals surface area contributed by atoms with Crippen LogP contribution < -0.4 is 16.0 Å². The number of nitrogens with two attached hydrogens (primary N) is 1. The van der Waals surface area contributed by atoms with Crippen LogP contribution >= 0.6 is 11.6 Å². The Hall–Kier alpha value is -3.51. The van der Waals surface area contributed by atoms with Gasteiger partial charge in [-0.2, -0.15) is 0 Å². The van der Waals surface area contributed by atoms with Gasteiger partial charge in [0.1, 0.15) is 0 Å². The highest BCUT2D eigenvalue weighted by molar-refractivity contribution is 6.34. The molecule has 0 saturated carbocycles. The quantitative estimate of drug-likeness (QED) is 0.212. The smallest absolute Gasteiger partial charge is 0.257 e. The molecule has 1 fully saturated rings. The van der Waals surface area contributed by atoms with Crippen LogP contribution in [-0.4, -0.2) is 30.0 Å². The summed E-state index contributed by atoms with van der Waals surface area (Å²) in [5.41, 5.74) is 9.96. The van der Waals surface area contributed by atoms with Gasteiger partial charge in [-0.25, -0.2) is 0 Å². The minimum absolute atomic E-state index is 0.0897. The van der Waals surface area contributed by atoms with Crippen molar-refractivity contribution in [2.75, 3.05) is 23.3 Å². The van der Waals surface area contributed by atoms with Gasteiger partial charge in [0.15, 0.2) is 5.84 Å². The fraction of sp³-hybridized carbons (Fsp3) is 0.200. The van der Waals surface area contributed by atoms with Crippen LogP contribution in [0.2, 0.25) is 5.02 Å². The molecule has 0 aliphatic carbocycles. The molecule has 1 heterocycles. The number of hydrogen-bond donors (Lipinski definition) is 3. The van der Waals surface area contributed by atoms with Crippen molar-refractivity contribution >= 4 is 34.7 Å². The predicted octanol–water partition coefficient (Wildman–Crippen LogP) is 5.34. The van der Waals surface area contributed by atoms with Gasteiger partial charge >= 0.3 is 0 Å². The standard InChI is InChI=1S/C25H25ClN4O2/c26-22-12-10-19(30-13-5-2-6-14-30)16-21(22)25(31)28-23-15-18(17-7-3-1-4-8-17)9-11-20(23)24(27)29-32/h1,3-4,7-12,15-16,32H,2,5-6,13-14H2,(H2,27,29)(H,28,31). The maximum atomic E-state index is 13.2. The van der Waals surface area contributed by atoms with Crippen molar-refractivity contribution in [3.63, 3.8) is 0 Å². The third-order valence-corrected chi connectivity index (χ3v) is 6.00. The Kier molecular flexibility index (Phi) is 6.61. The first kappa shape index (κ1) is 21.7. The van der Waals surface area contributed by atoms with Gasteiger partial charge < -0.3 is 21.2 Å². The zero-order valence-electron chi connectivity index (χ0n) is 17.6. The molecule has 0 aromatic heterocycles. The number of carbonyl (C=O) groups excluding carboxylic acids is 1. The molecule has 164 valence electrons. The van der Waals surface area contributed by atoms with Crippen molar-refractivity contribution in [2.45, 2.75) is 19.3 Å². The molecule has 7 heteroatoms. The number of benzene rings is 3. The summed E-state index contributed by atoms with van der Waals surface area (Å²) in [6.07, 6.45) is 3.50. The van der Waals surface area contributed by atoms with E-state index < -0.39 is 0 Å². The number of nitrogens with zero attached hydrogens (tertiary/aromatic N) is 2. The summed E-state index contributed by atoms with van der Waals surface area (Å²) >= 11 is 6.39. The van der Waals surface area contributed by atoms with Gasteiger partial charge in [0.25, 0.3) is 5.91 Å². The molecule has 4 rings (SSSR count). The molecule has 1 aliphatic rings. The molecule has 4 N–H and O–H groups in total. The number of amidine groups is 1. The molecule has 1 aliphatic heterocycles. The Morgan fingerprint density at radius 3 is 2.41 bits per heavy atom. The lowest BCUT2D eigenvalue weighted by atomic mass is 10.0. The number of carbonyl (C=O) groups is 1. The van der Waals surface area contributed by atoms with Gasteiger partial charge in [-0.3, -0.25) is 4.79 Å². The number of anilines is 2. The number of amides is 1. The number of hydrogen-bond acceptors (Lipinski definition) is 4. The molecule has 1 saturated heterocycles. The fourth-order valence-corrected chi connectivity index (χ4v) is 4.16. The number of halogens is 1. The van der Waals surface area contributed by atoms with E-state index in [1.54, 1.807) is 12.1 Å². The average molecular weight is 449 g/mol. The predicted molar refractivity (Wildman–Crippen MR) is 130 cm³/mol. The zero-order chi connectivity index (χ0) is 22.5. The summed E-state index contributed by atoms with van der Waals surface area (Å²) < 4.78 is 0. The lowest BCUT2D eigenvalue weighted by Gasteiger charge is -2.29. The maximum Gasteiger partial charge on any atom is 0.257 e. The van der Waals surface area contributed by atoms with E-state index in [1.165, 1.54) is 6.42 Å². The molecule has 0 spiro atoms. The highest BCUT2D eigenvalue weighted by atomic mass is 35.5. The molecule has 1 amide bonds. The molecule has 3 aromatic carbocycles. The van der Waals surface area contributed by atoms with Crippen LogP contribution in [0, 0.1) is 0 Å². The van der Waals surface area contributed by atoms with Crippen molar-refractivity contribution in [3.8, 4) is 11.1 Å². The molecule has 0 bridgehead atoms. The van der Waals surface area contributed by atoms with E-state index in [0.717, 1.165) is 42.7 Å². The summed E-state index contributed by atoms with van der Waals surface area (Å²) in [5, 5.41) is 15.6. The first-order valence-corrected chi connectivity index (χ1v) is 11.0. The molecular formula is C25H25ClN4O2. The molecule has 0 atom stereocenters. The number of rotatable bonds is 5. The molecule has 0 radical (unpaired) electrons. The molecule has 0 unspecified atom stereocenters. The average Bonchev–Trinajstić information content (AvgIpc) is 2.85. The Labute approximate surface area is 192 Å². The first-order valence-electron chi connectivity index (χ1n) is 10.6. The van der Waals surface area contributed by atoms with E-state index in [-0.39, 0.29) is 11.7 Å². The summed E-state index contributed by atoms with van der Waals surface area (Å²) in [5.74, 6) is -0.445. The van der Waals surface area contributed by atoms with Crippen LogP contribution in [0.1, 0.15) is 35.2 Å². The fourth-order valence-electron chi connectivity index (χ4n) is 3.96. The van der Waals surface area contributed by atoms with Crippen molar-refractivity contribution < 1.29 is 10.0 Å². The first-order chi connectivity index (χ1) is 15.6. The SMILES string of the molecule is N/C(=N\O)c1ccc(-c2ccccc2)cc1NC(=O)c1cc(N2CCCCC2)ccc1Cl. The van der Waals surface area contributed by atoms with Crippen LogP contribution in [0.15, 0.2) is 71.9 Å². The molecule has 6 nitrogen and oxygen atoms in total. The van der Waals surface area contributed by atoms with Gasteiger partial charge in [0, 0.05) is 24.3 Å². The maximum absolute atomic E-state index is 13.2. The van der Waals surface area contributed by atoms with Gasteiger partial charge in [0.05, 0.1) is 16.3 Å². The summed E-state index contributed by atoms with van der Waals surface area (Å²) in [6.45, 7) is 1.94. The van der Waals surface area contributed by atoms with Crippen LogP contribution in [-0.2, 0) is 0 Å². The molecular weight excluding hydrogens is 424 g/mol. The topological polar surface area (TPSA) is 91.0 Å². The number of nitrogens with one attached hydrogen (secondary N) is 1. The number of piperidine rings is 1. The Morgan fingerprint density at radius 2 is 1.69 bits per heavy atom. The Balaban J connectivity index is 1.67. The Bertz CT molecular complexity index is 1140. The lowest BCUT2D eigenvalue weighted by Crippen LogP contribution is -2.29. The zero-order valence-corrected chi connectivity index (χ0v) is 18.3. The minimum Gasteiger partial charge on any atom is -0.409 e. The second-order valence-corrected chi connectivity index (χ2v) is 8.18. The monoisotopic (exact) mass is 448 g/mol. The summed E-state index contributed by atoms with van der Waals surface area (Å²) in [4.78, 5) is 15.5. The van der Waals surface area contributed by atoms with E-state index in [0.29, 0.717) is 21.8 Å². The van der Waals surface area contributed by atoms with Gasteiger partial charge in [-0.05, 0) is 60.7 Å². The van der Waals surface area contributed by atoms with E-state index in [9.17, 15) is 10.0 Å². The van der Waals surface area contributed by atoms with Crippen molar-refractivity contribution in [1.29, 1.82) is 0 Å². The summed E-state index contributed by atoms with van der Waals surface area (Å²) in [6, 6.07) is 20.7. The minimum atomic E-state index is -0.355. The van der Waals surface area contributed by atoms with Crippen molar-refractivity contribution in [1.82, 2.24) is 0 Å². The van der Waals surface area contributed by atoms with Crippen molar-refractivity contribution in [3.05, 3.63) is 82.9 Å². The third-order valence-electron chi connectivity index (χ3n) is 5.67. The largest absolute Gasteiger partial charge is 0.409 e. The lowest BCUT2D eigenvalue weighted by molar-refractivity contribution is 0.102. The highest BCUT2D eigenvalue weighted by Crippen LogP contribution is 2.29. The Morgan fingerprint density at radius 1 is 0.938 bits per heavy atom. The summed E-state index contributed by atoms with van der Waals surface area (Å²) in [7, 11) is 0. The van der Waals surface area contributed by atoms with Gasteiger partial charge in [-0.15, -0.1) is 0 Å². The van der Waals surface area contributed by atoms with E-state index >= 15 is 0 Å². The van der Waals surface area contributed by atoms with E-state index in [1.807, 2.05) is 54.6 Å². The van der Waals surface area contributed by atoms with Gasteiger partial charge in [0.2, 0.25) is 0 Å². The second-order valence-electron chi connectivity index (χ2n) is 7.78. The third kappa shape index (κ3) is 4.70. The van der Waals surface area contributed by atoms with Gasteiger partial charge in [-0.1, -0.05) is 53.2 Å². The van der Waals surface area contributed by atoms with Crippen LogP contribution in [0.4, 0.5) is 11.4 Å². The van der Waals surface area contributed by atoms with E-state index in [4.69, 9.17) is 17.3 Å². The van der Waals surface area contributed by atoms with Crippen LogP contribution in [0.25, 0.3) is 11.1 Å². The molecule has 3 aromatic rings. The molecule has 32 heavy (non-hydrogen) atoms. The second kappa shape index (κ2) is 9.75. The van der Waals surface area contributed by atoms with E-state index in [2.05, 4.69) is 15.4 Å². The van der Waals surface area contributed by atoms with Crippen LogP contribution in [0.5, 0.6) is 0 Å².